The number of rotatable bonds is 4. The number of hydrogen-bond donors (Lipinski definition) is 1. The predicted octanol–water partition coefficient (Wildman–Crippen LogP) is 5.43. The minimum atomic E-state index is -0.313. The third-order valence-corrected chi connectivity index (χ3v) is 6.95. The van der Waals surface area contributed by atoms with E-state index in [2.05, 4.69) is 5.32 Å². The van der Waals surface area contributed by atoms with Crippen molar-refractivity contribution in [3.8, 4) is 0 Å². The molecule has 0 aromatic heterocycles. The summed E-state index contributed by atoms with van der Waals surface area (Å²) in [4.78, 5) is 26.6. The maximum absolute atomic E-state index is 14.0. The van der Waals surface area contributed by atoms with Crippen LogP contribution in [0.5, 0.6) is 0 Å². The Kier molecular flexibility index (Phi) is 5.90. The largest absolute Gasteiger partial charge is 0.326 e. The molecule has 1 saturated heterocycles. The summed E-state index contributed by atoms with van der Waals surface area (Å²) in [6.45, 7) is 1.71. The maximum atomic E-state index is 14.0. The normalized spacial score (nSPS) is 20.1. The molecule has 0 radical (unpaired) electrons. The van der Waals surface area contributed by atoms with Gasteiger partial charge in [0.25, 0.3) is 0 Å². The second-order valence-electron chi connectivity index (χ2n) is 7.81. The average Bonchev–Trinajstić information content (AvgIpc) is 3.12. The first-order valence-corrected chi connectivity index (χ1v) is 11.2. The van der Waals surface area contributed by atoms with Crippen molar-refractivity contribution in [2.24, 2.45) is 5.92 Å². The molecule has 1 atom stereocenters. The molecule has 2 aliphatic rings. The fourth-order valence-electron chi connectivity index (χ4n) is 4.02. The van der Waals surface area contributed by atoms with Crippen LogP contribution in [0.3, 0.4) is 0 Å². The first kappa shape index (κ1) is 20.0. The molecule has 1 saturated carbocycles. The van der Waals surface area contributed by atoms with Gasteiger partial charge < -0.3 is 5.32 Å². The molecule has 0 spiro atoms. The Labute approximate surface area is 174 Å². The van der Waals surface area contributed by atoms with E-state index in [4.69, 9.17) is 0 Å². The van der Waals surface area contributed by atoms with E-state index in [0.717, 1.165) is 36.9 Å². The molecule has 2 fully saturated rings. The minimum Gasteiger partial charge on any atom is -0.326 e. The number of aryl methyl sites for hydroxylation is 1. The lowest BCUT2D eigenvalue weighted by Gasteiger charge is -2.25. The van der Waals surface area contributed by atoms with Crippen molar-refractivity contribution >= 4 is 35.0 Å². The van der Waals surface area contributed by atoms with Gasteiger partial charge in [0.2, 0.25) is 11.8 Å². The third-order valence-electron chi connectivity index (χ3n) is 5.74. The molecule has 2 aromatic carbocycles. The molecule has 6 heteroatoms. The van der Waals surface area contributed by atoms with Crippen LogP contribution >= 0.6 is 11.8 Å². The SMILES string of the molecule is Cc1ccc(N2C(=O)CS[C@H]2c2ccc(NC(=O)C3CCCCC3)cc2)cc1F. The van der Waals surface area contributed by atoms with Crippen LogP contribution < -0.4 is 10.2 Å². The van der Waals surface area contributed by atoms with E-state index in [1.165, 1.54) is 24.2 Å². The summed E-state index contributed by atoms with van der Waals surface area (Å²) in [6.07, 6.45) is 5.40. The molecule has 4 nitrogen and oxygen atoms in total. The number of thioether (sulfide) groups is 1. The molecule has 4 rings (SSSR count). The van der Waals surface area contributed by atoms with Crippen molar-refractivity contribution in [2.75, 3.05) is 16.0 Å². The van der Waals surface area contributed by atoms with E-state index in [1.54, 1.807) is 24.0 Å². The lowest BCUT2D eigenvalue weighted by Crippen LogP contribution is -2.28. The topological polar surface area (TPSA) is 49.4 Å². The molecule has 1 aliphatic carbocycles. The fraction of sp³-hybridized carbons (Fsp3) is 0.391. The zero-order valence-corrected chi connectivity index (χ0v) is 17.3. The van der Waals surface area contributed by atoms with E-state index < -0.39 is 0 Å². The van der Waals surface area contributed by atoms with Gasteiger partial charge >= 0.3 is 0 Å². The number of carbonyl (C=O) groups excluding carboxylic acids is 2. The van der Waals surface area contributed by atoms with Crippen LogP contribution in [-0.4, -0.2) is 17.6 Å². The number of anilines is 2. The fourth-order valence-corrected chi connectivity index (χ4v) is 5.20. The molecule has 152 valence electrons. The van der Waals surface area contributed by atoms with Gasteiger partial charge in [0.05, 0.1) is 5.75 Å². The number of benzene rings is 2. The zero-order valence-electron chi connectivity index (χ0n) is 16.5. The first-order valence-electron chi connectivity index (χ1n) is 10.1. The number of halogens is 1. The van der Waals surface area contributed by atoms with Crippen LogP contribution in [0.25, 0.3) is 0 Å². The van der Waals surface area contributed by atoms with E-state index in [0.29, 0.717) is 17.0 Å². The summed E-state index contributed by atoms with van der Waals surface area (Å²) in [7, 11) is 0. The van der Waals surface area contributed by atoms with Gasteiger partial charge in [-0.25, -0.2) is 4.39 Å². The number of hydrogen-bond acceptors (Lipinski definition) is 3. The Hall–Kier alpha value is -2.34. The smallest absolute Gasteiger partial charge is 0.238 e. The second-order valence-corrected chi connectivity index (χ2v) is 8.88. The monoisotopic (exact) mass is 412 g/mol. The lowest BCUT2D eigenvalue weighted by molar-refractivity contribution is -0.120. The van der Waals surface area contributed by atoms with Gasteiger partial charge in [0, 0.05) is 17.3 Å². The minimum absolute atomic E-state index is 0.0297. The van der Waals surface area contributed by atoms with Crippen molar-refractivity contribution in [3.63, 3.8) is 0 Å². The Morgan fingerprint density at radius 1 is 1.10 bits per heavy atom. The molecule has 2 amide bonds. The van der Waals surface area contributed by atoms with E-state index in [1.807, 2.05) is 24.3 Å². The number of nitrogens with zero attached hydrogens (tertiary/aromatic N) is 1. The number of nitrogens with one attached hydrogen (secondary N) is 1. The summed E-state index contributed by atoms with van der Waals surface area (Å²) in [5.74, 6) is 0.225. The number of carbonyl (C=O) groups is 2. The summed E-state index contributed by atoms with van der Waals surface area (Å²) < 4.78 is 14.0. The summed E-state index contributed by atoms with van der Waals surface area (Å²) in [5.41, 5.74) is 2.86. The average molecular weight is 413 g/mol. The summed E-state index contributed by atoms with van der Waals surface area (Å²) in [5, 5.41) is 2.82. The Morgan fingerprint density at radius 2 is 1.83 bits per heavy atom. The summed E-state index contributed by atoms with van der Waals surface area (Å²) in [6, 6.07) is 12.5. The van der Waals surface area contributed by atoms with E-state index in [9.17, 15) is 14.0 Å². The van der Waals surface area contributed by atoms with Crippen LogP contribution in [0.15, 0.2) is 42.5 Å². The highest BCUT2D eigenvalue weighted by Crippen LogP contribution is 2.42. The number of amides is 2. The van der Waals surface area contributed by atoms with Gasteiger partial charge in [0.1, 0.15) is 11.2 Å². The van der Waals surface area contributed by atoms with Crippen LogP contribution in [0.1, 0.15) is 48.6 Å². The Bertz CT molecular complexity index is 910. The van der Waals surface area contributed by atoms with Crippen LogP contribution in [0, 0.1) is 18.7 Å². The van der Waals surface area contributed by atoms with Crippen molar-refractivity contribution in [3.05, 3.63) is 59.4 Å². The van der Waals surface area contributed by atoms with Crippen molar-refractivity contribution in [1.29, 1.82) is 0 Å². The Balaban J connectivity index is 1.49. The van der Waals surface area contributed by atoms with E-state index in [-0.39, 0.29) is 28.9 Å². The second kappa shape index (κ2) is 8.57. The van der Waals surface area contributed by atoms with Gasteiger partial charge in [-0.15, -0.1) is 11.8 Å². The van der Waals surface area contributed by atoms with Crippen LogP contribution in [0.2, 0.25) is 0 Å². The molecule has 29 heavy (non-hydrogen) atoms. The molecular weight excluding hydrogens is 387 g/mol. The van der Waals surface area contributed by atoms with Gasteiger partial charge in [-0.2, -0.15) is 0 Å². The third kappa shape index (κ3) is 4.32. The van der Waals surface area contributed by atoms with Gasteiger partial charge in [-0.1, -0.05) is 37.5 Å². The summed E-state index contributed by atoms with van der Waals surface area (Å²) >= 11 is 1.53. The molecule has 2 aromatic rings. The molecule has 0 unspecified atom stereocenters. The quantitative estimate of drug-likeness (QED) is 0.728. The van der Waals surface area contributed by atoms with Crippen molar-refractivity contribution < 1.29 is 14.0 Å². The van der Waals surface area contributed by atoms with Crippen LogP contribution in [0.4, 0.5) is 15.8 Å². The highest BCUT2D eigenvalue weighted by molar-refractivity contribution is 8.00. The van der Waals surface area contributed by atoms with Gasteiger partial charge in [0.15, 0.2) is 0 Å². The maximum Gasteiger partial charge on any atom is 0.238 e. The standard InChI is InChI=1S/C23H25FN2O2S/c1-15-7-12-19(13-20(15)24)26-21(27)14-29-23(26)17-8-10-18(11-9-17)25-22(28)16-5-3-2-4-6-16/h7-13,16,23H,2-6,14H2,1H3,(H,25,28)/t23-/m0/s1. The molecule has 1 heterocycles. The molecule has 0 bridgehead atoms. The molecular formula is C23H25FN2O2S. The lowest BCUT2D eigenvalue weighted by atomic mass is 9.88. The zero-order chi connectivity index (χ0) is 20.4. The highest BCUT2D eigenvalue weighted by atomic mass is 32.2. The van der Waals surface area contributed by atoms with Gasteiger partial charge in [-0.3, -0.25) is 14.5 Å². The van der Waals surface area contributed by atoms with Crippen LogP contribution in [-0.2, 0) is 9.59 Å². The van der Waals surface area contributed by atoms with Crippen molar-refractivity contribution in [2.45, 2.75) is 44.4 Å². The molecule has 1 N–H and O–H groups in total. The van der Waals surface area contributed by atoms with E-state index >= 15 is 0 Å². The van der Waals surface area contributed by atoms with Gasteiger partial charge in [-0.05, 0) is 55.2 Å². The first-order chi connectivity index (χ1) is 14.0. The predicted molar refractivity (Wildman–Crippen MR) is 115 cm³/mol. The molecule has 1 aliphatic heterocycles. The highest BCUT2D eigenvalue weighted by Gasteiger charge is 2.34. The van der Waals surface area contributed by atoms with Crippen molar-refractivity contribution in [1.82, 2.24) is 0 Å². The Morgan fingerprint density at radius 3 is 2.52 bits per heavy atom.